The van der Waals surface area contributed by atoms with Crippen LogP contribution in [0.5, 0.6) is 0 Å². The van der Waals surface area contributed by atoms with E-state index in [1.54, 1.807) is 25.1 Å². The lowest BCUT2D eigenvalue weighted by Gasteiger charge is -2.07. The molecule has 0 fully saturated rings. The quantitative estimate of drug-likeness (QED) is 0.146. The Bertz CT molecular complexity index is 3950. The van der Waals surface area contributed by atoms with Crippen LogP contribution in [0.25, 0.3) is 136 Å². The lowest BCUT2D eigenvalue weighted by atomic mass is 10.0. The van der Waals surface area contributed by atoms with E-state index in [0.717, 1.165) is 135 Å². The number of fused-ring (bicyclic) bond motifs is 8. The standard InChI is InChI=1S/C60H46N8O4/c1-65-29-37(53-9-5-21-69-53)25-41(33-65)57-45-13-15-47(61-45)58(42-26-38(30-66(2)34-42)54-10-6-22-70-54)49-17-19-51(63-49)60(44-28-40(32-68(4)36-44)56-12-8-24-72-56)52-20-18-50(64-52)59(48-16-14-46(57)62-48)43-27-39(31-67(3)35-43)55-11-7-23-71-55/h5-36,61-62H,1-4H3/q+4. The number of aromatic nitrogens is 8. The van der Waals surface area contributed by atoms with Crippen molar-refractivity contribution in [3.05, 3.63) is 194 Å². The first-order chi connectivity index (χ1) is 35.2. The van der Waals surface area contributed by atoms with Gasteiger partial charge >= 0.3 is 0 Å². The second-order valence-electron chi connectivity index (χ2n) is 18.3. The third-order valence-electron chi connectivity index (χ3n) is 13.1. The highest BCUT2D eigenvalue weighted by molar-refractivity contribution is 6.00. The summed E-state index contributed by atoms with van der Waals surface area (Å²) in [4.78, 5) is 19.0. The molecule has 0 atom stereocenters. The summed E-state index contributed by atoms with van der Waals surface area (Å²) in [6.45, 7) is 0. The molecule has 0 saturated heterocycles. The third-order valence-corrected chi connectivity index (χ3v) is 13.1. The average Bonchev–Trinajstić information content (AvgIpc) is 4.21. The van der Waals surface area contributed by atoms with Crippen LogP contribution >= 0.6 is 0 Å². The Balaban J connectivity index is 1.18. The highest BCUT2D eigenvalue weighted by Crippen LogP contribution is 2.40. The number of aromatic amines is 2. The molecule has 11 aromatic heterocycles. The minimum atomic E-state index is 0.760. The molecule has 2 N–H and O–H groups in total. The molecule has 0 amide bonds. The molecule has 0 radical (unpaired) electrons. The second-order valence-corrected chi connectivity index (χ2v) is 18.3. The van der Waals surface area contributed by atoms with E-state index in [4.69, 9.17) is 27.6 Å². The van der Waals surface area contributed by atoms with Crippen LogP contribution in [0.2, 0.25) is 0 Å². The predicted molar refractivity (Wildman–Crippen MR) is 276 cm³/mol. The highest BCUT2D eigenvalue weighted by Gasteiger charge is 2.25. The van der Waals surface area contributed by atoms with E-state index in [1.165, 1.54) is 0 Å². The molecule has 0 unspecified atom stereocenters. The van der Waals surface area contributed by atoms with Crippen LogP contribution in [0.1, 0.15) is 22.8 Å². The number of aryl methyl sites for hydroxylation is 4. The number of hydrogen-bond donors (Lipinski definition) is 2. The number of H-pyrrole nitrogens is 2. The van der Waals surface area contributed by atoms with Gasteiger partial charge in [0.15, 0.2) is 49.6 Å². The lowest BCUT2D eigenvalue weighted by molar-refractivity contribution is -0.670. The Labute approximate surface area is 413 Å². The first kappa shape index (κ1) is 42.4. The van der Waals surface area contributed by atoms with Crippen molar-refractivity contribution < 1.29 is 35.9 Å². The largest absolute Gasteiger partial charge is 0.464 e. The minimum absolute atomic E-state index is 0.760. The van der Waals surface area contributed by atoms with Crippen molar-refractivity contribution in [3.8, 4) is 89.8 Å². The van der Waals surface area contributed by atoms with Gasteiger partial charge in [0.1, 0.15) is 51.2 Å². The number of nitrogens with zero attached hydrogens (tertiary/aromatic N) is 6. The number of pyridine rings is 4. The van der Waals surface area contributed by atoms with Crippen LogP contribution in [0.3, 0.4) is 0 Å². The zero-order valence-electron chi connectivity index (χ0n) is 39.8. The summed E-state index contributed by atoms with van der Waals surface area (Å²) in [5, 5.41) is 0. The number of rotatable bonds is 8. The van der Waals surface area contributed by atoms with Gasteiger partial charge in [0.2, 0.25) is 0 Å². The molecule has 12 nitrogen and oxygen atoms in total. The molecule has 0 aromatic carbocycles. The van der Waals surface area contributed by atoms with Gasteiger partial charge in [0, 0.05) is 44.3 Å². The molecule has 0 aliphatic carbocycles. The van der Waals surface area contributed by atoms with Gasteiger partial charge in [0.25, 0.3) is 0 Å². The van der Waals surface area contributed by atoms with Crippen LogP contribution in [-0.4, -0.2) is 19.9 Å². The van der Waals surface area contributed by atoms with Crippen molar-refractivity contribution in [2.24, 2.45) is 28.2 Å². The molecule has 0 spiro atoms. The fraction of sp³-hybridized carbons (Fsp3) is 0.0667. The maximum Gasteiger partial charge on any atom is 0.179 e. The molecule has 13 heterocycles. The molecule has 8 bridgehead atoms. The zero-order chi connectivity index (χ0) is 48.5. The van der Waals surface area contributed by atoms with Gasteiger partial charge in [-0.3, -0.25) is 0 Å². The molecule has 72 heavy (non-hydrogen) atoms. The SMILES string of the molecule is C[n+]1cc(-c2ccco2)cc(-c2c3nc(c(-c4cc(-c5ccco5)c[n+](C)c4)c4ccc([nH]4)c(-c4cc(-c5ccco5)c[n+](C)c4)c4ccc([nH]4)c(-c4cc(-c5ccco5)c[n+](C)c4)c4nc2C=C4)C=C3)c1. The van der Waals surface area contributed by atoms with Gasteiger partial charge in [-0.2, -0.15) is 0 Å². The predicted octanol–water partition coefficient (Wildman–Crippen LogP) is 11.7. The highest BCUT2D eigenvalue weighted by atomic mass is 16.3. The minimum Gasteiger partial charge on any atom is -0.464 e. The number of hydrogen-bond acceptors (Lipinski definition) is 6. The van der Waals surface area contributed by atoms with Crippen molar-refractivity contribution in [1.29, 1.82) is 0 Å². The van der Waals surface area contributed by atoms with E-state index in [9.17, 15) is 0 Å². The number of nitrogens with one attached hydrogen (secondary N) is 2. The molecule has 346 valence electrons. The molecule has 12 heteroatoms. The molecular weight excluding hydrogens is 897 g/mol. The van der Waals surface area contributed by atoms with E-state index in [2.05, 4.69) is 151 Å². The van der Waals surface area contributed by atoms with Crippen LogP contribution in [0.4, 0.5) is 0 Å². The van der Waals surface area contributed by atoms with Crippen LogP contribution in [-0.2, 0) is 28.2 Å². The lowest BCUT2D eigenvalue weighted by Crippen LogP contribution is -2.27. The summed E-state index contributed by atoms with van der Waals surface area (Å²) >= 11 is 0. The van der Waals surface area contributed by atoms with Gasteiger partial charge in [-0.15, -0.1) is 0 Å². The first-order valence-electron chi connectivity index (χ1n) is 23.6. The summed E-state index contributed by atoms with van der Waals surface area (Å²) in [6.07, 6.45) is 32.0. The smallest absolute Gasteiger partial charge is 0.179 e. The Morgan fingerprint density at radius 3 is 0.889 bits per heavy atom. The third kappa shape index (κ3) is 7.67. The van der Waals surface area contributed by atoms with E-state index >= 15 is 0 Å². The first-order valence-corrected chi connectivity index (χ1v) is 23.6. The van der Waals surface area contributed by atoms with E-state index < -0.39 is 0 Å². The molecular formula is C60H46N8O4+4. The summed E-state index contributed by atoms with van der Waals surface area (Å²) in [7, 11) is 8.13. The van der Waals surface area contributed by atoms with Gasteiger partial charge in [-0.05, 0) is 121 Å². The molecule has 2 aliphatic heterocycles. The summed E-state index contributed by atoms with van der Waals surface area (Å²) in [5.74, 6) is 3.07. The Kier molecular flexibility index (Phi) is 10.1. The average molecular weight is 943 g/mol. The second kappa shape index (κ2) is 17.1. The number of furan rings is 4. The summed E-state index contributed by atoms with van der Waals surface area (Å²) in [5.41, 5.74) is 17.8. The van der Waals surface area contributed by atoms with E-state index in [0.29, 0.717) is 0 Å². The van der Waals surface area contributed by atoms with E-state index in [1.807, 2.05) is 76.7 Å². The summed E-state index contributed by atoms with van der Waals surface area (Å²) in [6, 6.07) is 32.8. The van der Waals surface area contributed by atoms with Crippen LogP contribution < -0.4 is 18.3 Å². The Morgan fingerprint density at radius 2 is 0.583 bits per heavy atom. The molecule has 2 aliphatic rings. The van der Waals surface area contributed by atoms with Crippen LogP contribution in [0, 0.1) is 0 Å². The van der Waals surface area contributed by atoms with E-state index in [-0.39, 0.29) is 0 Å². The van der Waals surface area contributed by atoms with Gasteiger partial charge in [-0.1, -0.05) is 0 Å². The van der Waals surface area contributed by atoms with Crippen molar-refractivity contribution in [2.45, 2.75) is 0 Å². The fourth-order valence-electron chi connectivity index (χ4n) is 10.2. The van der Waals surface area contributed by atoms with Crippen molar-refractivity contribution in [3.63, 3.8) is 0 Å². The monoisotopic (exact) mass is 942 g/mol. The zero-order valence-corrected chi connectivity index (χ0v) is 39.8. The molecule has 0 saturated carbocycles. The normalized spacial score (nSPS) is 12.1. The van der Waals surface area contributed by atoms with Crippen molar-refractivity contribution >= 4 is 46.4 Å². The Morgan fingerprint density at radius 1 is 0.319 bits per heavy atom. The molecule has 11 aromatic rings. The van der Waals surface area contributed by atoms with Crippen molar-refractivity contribution in [2.75, 3.05) is 0 Å². The van der Waals surface area contributed by atoms with Gasteiger partial charge < -0.3 is 27.6 Å². The van der Waals surface area contributed by atoms with Crippen molar-refractivity contribution in [1.82, 2.24) is 19.9 Å². The maximum absolute atomic E-state index is 5.96. The maximum atomic E-state index is 5.96. The summed E-state index contributed by atoms with van der Waals surface area (Å²) < 4.78 is 32.1. The van der Waals surface area contributed by atoms with Gasteiger partial charge in [-0.25, -0.2) is 28.2 Å². The Hall–Kier alpha value is -9.68. The topological polar surface area (TPSA) is 125 Å². The van der Waals surface area contributed by atoms with Crippen LogP contribution in [0.15, 0.2) is 189 Å². The fourth-order valence-corrected chi connectivity index (χ4v) is 10.2. The van der Waals surface area contributed by atoms with Gasteiger partial charge in [0.05, 0.1) is 92.3 Å². The molecule has 13 rings (SSSR count).